The van der Waals surface area contributed by atoms with E-state index < -0.39 is 23.4 Å². The fourth-order valence-electron chi connectivity index (χ4n) is 1.35. The third kappa shape index (κ3) is 3.05. The standard InChI is InChI=1S/C11H9F3N4OS/c1-2-15-11-18-17-10(20-11)9(19)16-5-3-6(12)8(14)7(13)4-5/h3-4H,2H2,1H3,(H,15,18)(H,16,19). The molecule has 1 aromatic carbocycles. The zero-order valence-electron chi connectivity index (χ0n) is 10.2. The lowest BCUT2D eigenvalue weighted by molar-refractivity contribution is 0.102. The zero-order chi connectivity index (χ0) is 14.7. The monoisotopic (exact) mass is 302 g/mol. The molecule has 0 unspecified atom stereocenters. The van der Waals surface area contributed by atoms with E-state index in [4.69, 9.17) is 0 Å². The third-order valence-electron chi connectivity index (χ3n) is 2.19. The second kappa shape index (κ2) is 5.87. The van der Waals surface area contributed by atoms with Gasteiger partial charge in [0, 0.05) is 24.4 Å². The molecule has 1 heterocycles. The molecule has 0 bridgehead atoms. The minimum Gasteiger partial charge on any atom is -0.360 e. The topological polar surface area (TPSA) is 66.9 Å². The molecule has 0 aliphatic carbocycles. The first kappa shape index (κ1) is 14.3. The van der Waals surface area contributed by atoms with Crippen LogP contribution in [0.5, 0.6) is 0 Å². The zero-order valence-corrected chi connectivity index (χ0v) is 11.0. The average molecular weight is 302 g/mol. The van der Waals surface area contributed by atoms with Crippen molar-refractivity contribution in [1.82, 2.24) is 10.2 Å². The highest BCUT2D eigenvalue weighted by atomic mass is 32.1. The predicted octanol–water partition coefficient (Wildman–Crippen LogP) is 2.64. The van der Waals surface area contributed by atoms with Crippen molar-refractivity contribution in [2.75, 3.05) is 17.2 Å². The van der Waals surface area contributed by atoms with Gasteiger partial charge >= 0.3 is 0 Å². The van der Waals surface area contributed by atoms with Crippen LogP contribution in [0.3, 0.4) is 0 Å². The van der Waals surface area contributed by atoms with Gasteiger partial charge in [0.2, 0.25) is 10.1 Å². The second-order valence-electron chi connectivity index (χ2n) is 3.65. The van der Waals surface area contributed by atoms with Crippen molar-refractivity contribution in [2.45, 2.75) is 6.92 Å². The molecule has 2 rings (SSSR count). The van der Waals surface area contributed by atoms with Gasteiger partial charge in [-0.3, -0.25) is 4.79 Å². The number of rotatable bonds is 4. The number of benzene rings is 1. The normalized spacial score (nSPS) is 10.4. The van der Waals surface area contributed by atoms with E-state index in [9.17, 15) is 18.0 Å². The number of nitrogens with one attached hydrogen (secondary N) is 2. The number of aromatic nitrogens is 2. The van der Waals surface area contributed by atoms with Crippen LogP contribution >= 0.6 is 11.3 Å². The fraction of sp³-hybridized carbons (Fsp3) is 0.182. The third-order valence-corrected chi connectivity index (χ3v) is 3.07. The Bertz CT molecular complexity index is 623. The van der Waals surface area contributed by atoms with E-state index in [2.05, 4.69) is 20.8 Å². The van der Waals surface area contributed by atoms with Gasteiger partial charge in [-0.2, -0.15) is 0 Å². The predicted molar refractivity (Wildman–Crippen MR) is 68.3 cm³/mol. The summed E-state index contributed by atoms with van der Waals surface area (Å²) in [5, 5.41) is 12.9. The van der Waals surface area contributed by atoms with Crippen LogP contribution in [0, 0.1) is 17.5 Å². The van der Waals surface area contributed by atoms with Crippen molar-refractivity contribution >= 4 is 28.1 Å². The summed E-state index contributed by atoms with van der Waals surface area (Å²) in [6.07, 6.45) is 0. The first-order chi connectivity index (χ1) is 9.51. The van der Waals surface area contributed by atoms with E-state index in [1.54, 1.807) is 0 Å². The molecule has 0 aliphatic rings. The summed E-state index contributed by atoms with van der Waals surface area (Å²) >= 11 is 0.989. The smallest absolute Gasteiger partial charge is 0.286 e. The average Bonchev–Trinajstić information content (AvgIpc) is 2.85. The lowest BCUT2D eigenvalue weighted by Gasteiger charge is -2.04. The summed E-state index contributed by atoms with van der Waals surface area (Å²) < 4.78 is 38.8. The summed E-state index contributed by atoms with van der Waals surface area (Å²) in [7, 11) is 0. The van der Waals surface area contributed by atoms with E-state index in [0.717, 1.165) is 11.3 Å². The van der Waals surface area contributed by atoms with Crippen LogP contribution in [0.4, 0.5) is 24.0 Å². The Morgan fingerprint density at radius 3 is 2.50 bits per heavy atom. The minimum absolute atomic E-state index is 0.0195. The van der Waals surface area contributed by atoms with Crippen LogP contribution in [0.1, 0.15) is 16.7 Å². The molecule has 0 radical (unpaired) electrons. The number of nitrogens with zero attached hydrogens (tertiary/aromatic N) is 2. The van der Waals surface area contributed by atoms with Crippen molar-refractivity contribution in [2.24, 2.45) is 0 Å². The number of anilines is 2. The maximum absolute atomic E-state index is 13.0. The Hall–Kier alpha value is -2.16. The van der Waals surface area contributed by atoms with Crippen LogP contribution in [0.25, 0.3) is 0 Å². The Balaban J connectivity index is 2.14. The summed E-state index contributed by atoms with van der Waals surface area (Å²) in [4.78, 5) is 11.8. The molecule has 0 atom stereocenters. The molecular formula is C11H9F3N4OS. The Morgan fingerprint density at radius 1 is 1.25 bits per heavy atom. The molecule has 0 fully saturated rings. The van der Waals surface area contributed by atoms with Crippen molar-refractivity contribution in [3.8, 4) is 0 Å². The molecule has 1 amide bonds. The summed E-state index contributed by atoms with van der Waals surface area (Å²) in [5.74, 6) is -5.04. The molecule has 2 N–H and O–H groups in total. The van der Waals surface area contributed by atoms with E-state index in [-0.39, 0.29) is 10.7 Å². The molecule has 9 heteroatoms. The highest BCUT2D eigenvalue weighted by Gasteiger charge is 2.16. The van der Waals surface area contributed by atoms with Gasteiger partial charge in [-0.05, 0) is 6.92 Å². The van der Waals surface area contributed by atoms with Gasteiger partial charge in [-0.1, -0.05) is 11.3 Å². The summed E-state index contributed by atoms with van der Waals surface area (Å²) in [6.45, 7) is 2.47. The van der Waals surface area contributed by atoms with Gasteiger partial charge in [0.15, 0.2) is 17.5 Å². The van der Waals surface area contributed by atoms with Crippen molar-refractivity contribution < 1.29 is 18.0 Å². The molecule has 0 saturated carbocycles. The highest BCUT2D eigenvalue weighted by molar-refractivity contribution is 7.17. The van der Waals surface area contributed by atoms with Gasteiger partial charge < -0.3 is 10.6 Å². The quantitative estimate of drug-likeness (QED) is 0.852. The van der Waals surface area contributed by atoms with E-state index in [0.29, 0.717) is 23.8 Å². The van der Waals surface area contributed by atoms with Gasteiger partial charge in [0.1, 0.15) is 0 Å². The number of carbonyl (C=O) groups excluding carboxylic acids is 1. The first-order valence-corrected chi connectivity index (χ1v) is 6.36. The maximum Gasteiger partial charge on any atom is 0.286 e. The van der Waals surface area contributed by atoms with Crippen LogP contribution < -0.4 is 10.6 Å². The van der Waals surface area contributed by atoms with Crippen molar-refractivity contribution in [1.29, 1.82) is 0 Å². The maximum atomic E-state index is 13.0. The van der Waals surface area contributed by atoms with Gasteiger partial charge in [0.05, 0.1) is 0 Å². The lowest BCUT2D eigenvalue weighted by Crippen LogP contribution is -2.12. The molecule has 5 nitrogen and oxygen atoms in total. The largest absolute Gasteiger partial charge is 0.360 e. The highest BCUT2D eigenvalue weighted by Crippen LogP contribution is 2.20. The SMILES string of the molecule is CCNc1nnc(C(=O)Nc2cc(F)c(F)c(F)c2)s1. The second-order valence-corrected chi connectivity index (χ2v) is 4.63. The van der Waals surface area contributed by atoms with E-state index in [1.807, 2.05) is 6.92 Å². The summed E-state index contributed by atoms with van der Waals surface area (Å²) in [6, 6.07) is 1.37. The Labute approximate surface area is 115 Å². The van der Waals surface area contributed by atoms with E-state index >= 15 is 0 Å². The Morgan fingerprint density at radius 2 is 1.90 bits per heavy atom. The van der Waals surface area contributed by atoms with Crippen molar-refractivity contribution in [3.05, 3.63) is 34.6 Å². The molecule has 2 aromatic rings. The molecule has 1 aromatic heterocycles. The molecule has 0 saturated heterocycles. The molecule has 0 spiro atoms. The first-order valence-electron chi connectivity index (χ1n) is 5.54. The van der Waals surface area contributed by atoms with Crippen LogP contribution in [-0.2, 0) is 0 Å². The Kier molecular flexibility index (Phi) is 4.18. The van der Waals surface area contributed by atoms with Crippen LogP contribution in [-0.4, -0.2) is 22.6 Å². The van der Waals surface area contributed by atoms with Crippen molar-refractivity contribution in [3.63, 3.8) is 0 Å². The number of halogens is 3. The number of amides is 1. The van der Waals surface area contributed by atoms with Gasteiger partial charge in [0.25, 0.3) is 5.91 Å². The number of hydrogen-bond acceptors (Lipinski definition) is 5. The molecule has 20 heavy (non-hydrogen) atoms. The lowest BCUT2D eigenvalue weighted by atomic mass is 10.3. The number of carbonyl (C=O) groups is 1. The minimum atomic E-state index is -1.59. The molecule has 106 valence electrons. The van der Waals surface area contributed by atoms with Crippen LogP contribution in [0.2, 0.25) is 0 Å². The van der Waals surface area contributed by atoms with Crippen LogP contribution in [0.15, 0.2) is 12.1 Å². The molecule has 0 aliphatic heterocycles. The van der Waals surface area contributed by atoms with Gasteiger partial charge in [-0.25, -0.2) is 13.2 Å². The molecular weight excluding hydrogens is 293 g/mol. The number of hydrogen-bond donors (Lipinski definition) is 2. The van der Waals surface area contributed by atoms with Gasteiger partial charge in [-0.15, -0.1) is 10.2 Å². The summed E-state index contributed by atoms with van der Waals surface area (Å²) in [5.41, 5.74) is -0.202. The fourth-order valence-corrected chi connectivity index (χ4v) is 2.06. The van der Waals surface area contributed by atoms with E-state index in [1.165, 1.54) is 0 Å².